The number of nitrogens with two attached hydrogens (primary N) is 1. The van der Waals surface area contributed by atoms with E-state index < -0.39 is 26.6 Å². The van der Waals surface area contributed by atoms with Crippen LogP contribution in [0.5, 0.6) is 5.75 Å². The van der Waals surface area contributed by atoms with Gasteiger partial charge in [-0.3, -0.25) is 4.72 Å². The summed E-state index contributed by atoms with van der Waals surface area (Å²) in [7, 11) is -4.32. The Bertz CT molecular complexity index is 878. The van der Waals surface area contributed by atoms with Crippen LogP contribution in [0.3, 0.4) is 0 Å². The van der Waals surface area contributed by atoms with Gasteiger partial charge in [-0.25, -0.2) is 22.2 Å². The number of hydrogen-bond donors (Lipinski definition) is 2. The zero-order valence-electron chi connectivity index (χ0n) is 14.4. The van der Waals surface area contributed by atoms with E-state index in [0.717, 1.165) is 49.6 Å². The number of sulfonamides is 1. The quantitative estimate of drug-likeness (QED) is 0.716. The first-order valence-corrected chi connectivity index (χ1v) is 10.8. The molecule has 1 aliphatic rings. The van der Waals surface area contributed by atoms with E-state index >= 15 is 0 Å². The second-order valence-corrected chi connectivity index (χ2v) is 8.93. The van der Waals surface area contributed by atoms with E-state index in [1.807, 2.05) is 0 Å². The van der Waals surface area contributed by atoms with Crippen LogP contribution in [0, 0.1) is 17.6 Å². The summed E-state index contributed by atoms with van der Waals surface area (Å²) in [5, 5.41) is -0.0409. The molecule has 11 heteroatoms. The summed E-state index contributed by atoms with van der Waals surface area (Å²) in [6.45, 7) is 0.211. The van der Waals surface area contributed by atoms with Gasteiger partial charge in [0.15, 0.2) is 11.6 Å². The lowest BCUT2D eigenvalue weighted by Crippen LogP contribution is -2.28. The highest BCUT2D eigenvalue weighted by Crippen LogP contribution is 2.28. The van der Waals surface area contributed by atoms with E-state index in [1.165, 1.54) is 0 Å². The lowest BCUT2D eigenvalue weighted by atomic mass is 9.84. The van der Waals surface area contributed by atoms with Gasteiger partial charge in [0.2, 0.25) is 5.13 Å². The fraction of sp³-hybridized carbons (Fsp3) is 0.500. The lowest BCUT2D eigenvalue weighted by molar-refractivity contribution is 0.228. The molecule has 2 unspecified atom stereocenters. The summed E-state index contributed by atoms with van der Waals surface area (Å²) >= 11 is 0.781. The molecule has 1 aromatic heterocycles. The summed E-state index contributed by atoms with van der Waals surface area (Å²) in [6.07, 6.45) is 5.85. The predicted octanol–water partition coefficient (Wildman–Crippen LogP) is 2.90. The van der Waals surface area contributed by atoms with Crippen LogP contribution in [0.2, 0.25) is 0 Å². The Morgan fingerprint density at radius 1 is 1.30 bits per heavy atom. The molecule has 1 heterocycles. The van der Waals surface area contributed by atoms with E-state index in [-0.39, 0.29) is 23.5 Å². The summed E-state index contributed by atoms with van der Waals surface area (Å²) in [6, 6.07) is 1.53. The third-order valence-electron chi connectivity index (χ3n) is 4.47. The van der Waals surface area contributed by atoms with Crippen molar-refractivity contribution in [1.82, 2.24) is 9.36 Å². The van der Waals surface area contributed by atoms with Crippen LogP contribution in [0.4, 0.5) is 13.9 Å². The molecule has 1 aliphatic carbocycles. The molecule has 0 saturated heterocycles. The van der Waals surface area contributed by atoms with Gasteiger partial charge in [-0.05, 0) is 25.2 Å². The first kappa shape index (κ1) is 19.9. The van der Waals surface area contributed by atoms with Crippen molar-refractivity contribution in [2.45, 2.75) is 43.0 Å². The molecule has 0 amide bonds. The molecule has 0 bridgehead atoms. The minimum absolute atomic E-state index is 0.0409. The second kappa shape index (κ2) is 8.44. The smallest absolute Gasteiger partial charge is 0.266 e. The fourth-order valence-corrected chi connectivity index (χ4v) is 4.88. The molecule has 3 N–H and O–H groups in total. The van der Waals surface area contributed by atoms with Gasteiger partial charge in [0.05, 0.1) is 6.61 Å². The molecule has 2 aromatic rings. The third kappa shape index (κ3) is 5.11. The normalized spacial score (nSPS) is 20.4. The maximum atomic E-state index is 14.3. The van der Waals surface area contributed by atoms with Gasteiger partial charge in [-0.2, -0.15) is 4.37 Å². The number of anilines is 1. The molecule has 0 spiro atoms. The van der Waals surface area contributed by atoms with Crippen molar-refractivity contribution in [2.75, 3.05) is 11.3 Å². The van der Waals surface area contributed by atoms with Crippen LogP contribution in [0.15, 0.2) is 23.4 Å². The van der Waals surface area contributed by atoms with Gasteiger partial charge in [0, 0.05) is 29.7 Å². The number of rotatable bonds is 7. The van der Waals surface area contributed by atoms with Crippen LogP contribution in [0.1, 0.15) is 32.1 Å². The zero-order chi connectivity index (χ0) is 19.4. The summed E-state index contributed by atoms with van der Waals surface area (Å²) in [5.74, 6) is -1.97. The number of nitrogens with zero attached hydrogens (tertiary/aromatic N) is 2. The highest BCUT2D eigenvalue weighted by Gasteiger charge is 2.24. The number of ether oxygens (including phenoxy) is 1. The summed E-state index contributed by atoms with van der Waals surface area (Å²) in [4.78, 5) is 2.84. The predicted molar refractivity (Wildman–Crippen MR) is 97.1 cm³/mol. The van der Waals surface area contributed by atoms with Crippen molar-refractivity contribution < 1.29 is 21.9 Å². The van der Waals surface area contributed by atoms with Gasteiger partial charge in [0.25, 0.3) is 10.0 Å². The zero-order valence-corrected chi connectivity index (χ0v) is 16.0. The standard InChI is InChI=1S/C16H20F2N4O3S2/c17-12-8-15(27(23,24)22-16-20-9-21-26-16)13(18)7-14(12)25-5-4-10-2-1-3-11(19)6-10/h7-11H,1-6,19H2,(H,20,21,22). The van der Waals surface area contributed by atoms with Crippen molar-refractivity contribution in [3.8, 4) is 5.75 Å². The van der Waals surface area contributed by atoms with E-state index in [1.54, 1.807) is 0 Å². The molecule has 7 nitrogen and oxygen atoms in total. The molecule has 3 rings (SSSR count). The maximum absolute atomic E-state index is 14.3. The van der Waals surface area contributed by atoms with Gasteiger partial charge < -0.3 is 10.5 Å². The minimum atomic E-state index is -4.32. The Balaban J connectivity index is 1.65. The fourth-order valence-electron chi connectivity index (χ4n) is 3.15. The number of hydrogen-bond acceptors (Lipinski definition) is 7. The topological polar surface area (TPSA) is 107 Å². The molecule has 0 radical (unpaired) electrons. The van der Waals surface area contributed by atoms with Crippen LogP contribution in [-0.4, -0.2) is 30.4 Å². The van der Waals surface area contributed by atoms with Gasteiger partial charge >= 0.3 is 0 Å². The van der Waals surface area contributed by atoms with Crippen molar-refractivity contribution in [3.05, 3.63) is 30.1 Å². The first-order chi connectivity index (χ1) is 12.8. The second-order valence-electron chi connectivity index (χ2n) is 6.49. The van der Waals surface area contributed by atoms with Crippen molar-refractivity contribution in [1.29, 1.82) is 0 Å². The molecular weight excluding hydrogens is 398 g/mol. The third-order valence-corrected chi connectivity index (χ3v) is 6.53. The largest absolute Gasteiger partial charge is 0.490 e. The van der Waals surface area contributed by atoms with E-state index in [9.17, 15) is 17.2 Å². The first-order valence-electron chi connectivity index (χ1n) is 8.52. The Morgan fingerprint density at radius 3 is 2.81 bits per heavy atom. The van der Waals surface area contributed by atoms with Gasteiger partial charge in [-0.1, -0.05) is 12.8 Å². The molecular formula is C16H20F2N4O3S2. The average Bonchev–Trinajstić information content (AvgIpc) is 3.10. The average molecular weight is 418 g/mol. The Labute approximate surface area is 160 Å². The minimum Gasteiger partial charge on any atom is -0.490 e. The lowest BCUT2D eigenvalue weighted by Gasteiger charge is -2.26. The summed E-state index contributed by atoms with van der Waals surface area (Å²) < 4.78 is 63.9. The molecule has 148 valence electrons. The van der Waals surface area contributed by atoms with E-state index in [0.29, 0.717) is 18.4 Å². The molecule has 1 aromatic carbocycles. The van der Waals surface area contributed by atoms with Gasteiger partial charge in [0.1, 0.15) is 17.0 Å². The molecule has 27 heavy (non-hydrogen) atoms. The highest BCUT2D eigenvalue weighted by atomic mass is 32.2. The molecule has 1 saturated carbocycles. The van der Waals surface area contributed by atoms with Crippen LogP contribution >= 0.6 is 11.5 Å². The van der Waals surface area contributed by atoms with Crippen molar-refractivity contribution >= 4 is 26.7 Å². The Kier molecular flexibility index (Phi) is 6.22. The van der Waals surface area contributed by atoms with Gasteiger partial charge in [-0.15, -0.1) is 0 Å². The van der Waals surface area contributed by atoms with E-state index in [4.69, 9.17) is 10.5 Å². The van der Waals surface area contributed by atoms with Crippen LogP contribution < -0.4 is 15.2 Å². The van der Waals surface area contributed by atoms with Crippen molar-refractivity contribution in [2.24, 2.45) is 11.7 Å². The molecule has 0 aliphatic heterocycles. The molecule has 2 atom stereocenters. The maximum Gasteiger partial charge on any atom is 0.266 e. The van der Waals surface area contributed by atoms with E-state index in [2.05, 4.69) is 14.1 Å². The number of benzene rings is 1. The SMILES string of the molecule is NC1CCCC(CCOc2cc(F)c(S(=O)(=O)Nc3ncns3)cc2F)C1. The van der Waals surface area contributed by atoms with Crippen LogP contribution in [-0.2, 0) is 10.0 Å². The number of nitrogens with one attached hydrogen (secondary N) is 1. The Hall–Kier alpha value is -1.85. The van der Waals surface area contributed by atoms with Crippen LogP contribution in [0.25, 0.3) is 0 Å². The molecule has 1 fully saturated rings. The number of aromatic nitrogens is 2. The Morgan fingerprint density at radius 2 is 2.11 bits per heavy atom. The number of halogens is 2. The monoisotopic (exact) mass is 418 g/mol. The highest BCUT2D eigenvalue weighted by molar-refractivity contribution is 7.93. The summed E-state index contributed by atoms with van der Waals surface area (Å²) in [5.41, 5.74) is 5.94. The van der Waals surface area contributed by atoms with Crippen molar-refractivity contribution in [3.63, 3.8) is 0 Å².